The predicted octanol–water partition coefficient (Wildman–Crippen LogP) is 3.74. The molecule has 1 aliphatic carbocycles. The van der Waals surface area contributed by atoms with Gasteiger partial charge in [-0.05, 0) is 44.9 Å². The van der Waals surface area contributed by atoms with Crippen molar-refractivity contribution in [3.05, 3.63) is 11.6 Å². The number of carbonyl (C=O) groups is 1. The van der Waals surface area contributed by atoms with Crippen molar-refractivity contribution in [2.75, 3.05) is 0 Å². The van der Waals surface area contributed by atoms with Crippen LogP contribution in [0.2, 0.25) is 0 Å². The van der Waals surface area contributed by atoms with E-state index in [-0.39, 0.29) is 5.41 Å². The molecule has 0 bridgehead atoms. The second-order valence-corrected chi connectivity index (χ2v) is 5.77. The van der Waals surface area contributed by atoms with Gasteiger partial charge in [-0.1, -0.05) is 25.5 Å². The van der Waals surface area contributed by atoms with E-state index in [4.69, 9.17) is 0 Å². The fraction of sp³-hybridized carbons (Fsp3) is 0.769. The summed E-state index contributed by atoms with van der Waals surface area (Å²) in [4.78, 5) is 10.9. The van der Waals surface area contributed by atoms with Gasteiger partial charge in [0.25, 0.3) is 0 Å². The number of hydrogen-bond donors (Lipinski definition) is 0. The lowest BCUT2D eigenvalue weighted by Crippen LogP contribution is -2.19. The Bertz CT molecular complexity index is 240. The van der Waals surface area contributed by atoms with Gasteiger partial charge in [0, 0.05) is 5.41 Å². The van der Waals surface area contributed by atoms with Crippen LogP contribution in [0.25, 0.3) is 0 Å². The van der Waals surface area contributed by atoms with Crippen molar-refractivity contribution in [3.8, 4) is 0 Å². The van der Waals surface area contributed by atoms with Crippen LogP contribution < -0.4 is 0 Å². The minimum Gasteiger partial charge on any atom is -0.303 e. The van der Waals surface area contributed by atoms with E-state index in [1.54, 1.807) is 0 Å². The lowest BCUT2D eigenvalue weighted by Gasteiger charge is -2.23. The summed E-state index contributed by atoms with van der Waals surface area (Å²) in [5.41, 5.74) is 1.72. The largest absolute Gasteiger partial charge is 0.303 e. The highest BCUT2D eigenvalue weighted by molar-refractivity contribution is 5.58. The topological polar surface area (TPSA) is 17.1 Å². The molecule has 1 rings (SSSR count). The molecule has 1 aliphatic rings. The molecule has 0 spiro atoms. The van der Waals surface area contributed by atoms with E-state index < -0.39 is 0 Å². The Morgan fingerprint density at radius 1 is 1.36 bits per heavy atom. The molecule has 1 saturated carbocycles. The quantitative estimate of drug-likeness (QED) is 0.481. The molecule has 0 aromatic carbocycles. The van der Waals surface area contributed by atoms with E-state index in [9.17, 15) is 4.79 Å². The predicted molar refractivity (Wildman–Crippen MR) is 60.2 cm³/mol. The Morgan fingerprint density at radius 3 is 2.29 bits per heavy atom. The smallest absolute Gasteiger partial charge is 0.125 e. The summed E-state index contributed by atoms with van der Waals surface area (Å²) in [5, 5.41) is 0. The lowest BCUT2D eigenvalue weighted by molar-refractivity contribution is -0.115. The number of hydrogen-bond acceptors (Lipinski definition) is 1. The standard InChI is InChI=1S/C13H22O/c1-11(2)5-6-13(7-8-13)9-12(3,4)10-14/h5,10H,6-9H2,1-4H3. The molecule has 0 unspecified atom stereocenters. The maximum Gasteiger partial charge on any atom is 0.125 e. The van der Waals surface area contributed by atoms with Gasteiger partial charge in [-0.15, -0.1) is 0 Å². The van der Waals surface area contributed by atoms with Crippen molar-refractivity contribution in [3.63, 3.8) is 0 Å². The van der Waals surface area contributed by atoms with Crippen LogP contribution in [0.5, 0.6) is 0 Å². The Morgan fingerprint density at radius 2 is 1.93 bits per heavy atom. The van der Waals surface area contributed by atoms with E-state index in [0.29, 0.717) is 5.41 Å². The minimum absolute atomic E-state index is 0.133. The van der Waals surface area contributed by atoms with E-state index in [1.807, 2.05) is 13.8 Å². The maximum absolute atomic E-state index is 10.9. The first-order valence-electron chi connectivity index (χ1n) is 5.49. The Kier molecular flexibility index (Phi) is 3.18. The normalized spacial score (nSPS) is 18.9. The van der Waals surface area contributed by atoms with Gasteiger partial charge >= 0.3 is 0 Å². The maximum atomic E-state index is 10.9. The van der Waals surface area contributed by atoms with Gasteiger partial charge in [-0.2, -0.15) is 0 Å². The summed E-state index contributed by atoms with van der Waals surface area (Å²) >= 11 is 0. The highest BCUT2D eigenvalue weighted by Gasteiger charge is 2.44. The van der Waals surface area contributed by atoms with Crippen molar-refractivity contribution in [1.29, 1.82) is 0 Å². The summed E-state index contributed by atoms with van der Waals surface area (Å²) in [6, 6.07) is 0. The van der Waals surface area contributed by atoms with Crippen LogP contribution in [0.1, 0.15) is 53.4 Å². The van der Waals surface area contributed by atoms with E-state index in [2.05, 4.69) is 19.9 Å². The molecule has 14 heavy (non-hydrogen) atoms. The van der Waals surface area contributed by atoms with Crippen LogP contribution in [0, 0.1) is 10.8 Å². The molecule has 0 amide bonds. The molecular formula is C13H22O. The van der Waals surface area contributed by atoms with Crippen LogP contribution in [0.15, 0.2) is 11.6 Å². The van der Waals surface area contributed by atoms with E-state index in [0.717, 1.165) is 19.1 Å². The molecule has 0 heterocycles. The zero-order valence-electron chi connectivity index (χ0n) is 9.89. The van der Waals surface area contributed by atoms with Gasteiger partial charge in [-0.3, -0.25) is 0 Å². The highest BCUT2D eigenvalue weighted by atomic mass is 16.1. The monoisotopic (exact) mass is 194 g/mol. The Balaban J connectivity index is 2.51. The molecule has 0 aromatic rings. The zero-order valence-corrected chi connectivity index (χ0v) is 9.89. The first-order chi connectivity index (χ1) is 6.39. The summed E-state index contributed by atoms with van der Waals surface area (Å²) < 4.78 is 0. The Hall–Kier alpha value is -0.590. The number of allylic oxidation sites excluding steroid dienone is 2. The molecule has 0 N–H and O–H groups in total. The third-order valence-corrected chi connectivity index (χ3v) is 3.05. The zero-order chi connectivity index (χ0) is 10.8. The minimum atomic E-state index is -0.133. The first-order valence-corrected chi connectivity index (χ1v) is 5.49. The lowest BCUT2D eigenvalue weighted by atomic mass is 9.80. The van der Waals surface area contributed by atoms with Crippen molar-refractivity contribution in [2.24, 2.45) is 10.8 Å². The molecular weight excluding hydrogens is 172 g/mol. The average Bonchev–Trinajstić information content (AvgIpc) is 2.82. The van der Waals surface area contributed by atoms with Gasteiger partial charge in [-0.25, -0.2) is 0 Å². The van der Waals surface area contributed by atoms with Gasteiger partial charge in [0.05, 0.1) is 0 Å². The number of aldehydes is 1. The second kappa shape index (κ2) is 3.88. The van der Waals surface area contributed by atoms with Crippen LogP contribution in [0.3, 0.4) is 0 Å². The molecule has 0 radical (unpaired) electrons. The molecule has 1 heteroatoms. The average molecular weight is 194 g/mol. The third-order valence-electron chi connectivity index (χ3n) is 3.05. The molecule has 1 nitrogen and oxygen atoms in total. The highest BCUT2D eigenvalue weighted by Crippen LogP contribution is 2.55. The number of rotatable bonds is 5. The SMILES string of the molecule is CC(C)=CCC1(CC(C)(C)C=O)CC1. The van der Waals surface area contributed by atoms with Crippen molar-refractivity contribution >= 4 is 6.29 Å². The summed E-state index contributed by atoms with van der Waals surface area (Å²) in [7, 11) is 0. The van der Waals surface area contributed by atoms with E-state index >= 15 is 0 Å². The summed E-state index contributed by atoms with van der Waals surface area (Å²) in [5.74, 6) is 0. The summed E-state index contributed by atoms with van der Waals surface area (Å²) in [6.07, 6.45) is 8.23. The second-order valence-electron chi connectivity index (χ2n) is 5.77. The fourth-order valence-corrected chi connectivity index (χ4v) is 2.06. The van der Waals surface area contributed by atoms with Crippen LogP contribution in [0.4, 0.5) is 0 Å². The summed E-state index contributed by atoms with van der Waals surface area (Å²) in [6.45, 7) is 8.37. The molecule has 0 aliphatic heterocycles. The molecule has 0 saturated heterocycles. The molecule has 1 fully saturated rings. The van der Waals surface area contributed by atoms with Crippen molar-refractivity contribution in [1.82, 2.24) is 0 Å². The van der Waals surface area contributed by atoms with Crippen LogP contribution >= 0.6 is 0 Å². The van der Waals surface area contributed by atoms with Gasteiger partial charge in [0.1, 0.15) is 6.29 Å². The molecule has 80 valence electrons. The Labute approximate surface area is 87.6 Å². The van der Waals surface area contributed by atoms with E-state index in [1.165, 1.54) is 18.4 Å². The van der Waals surface area contributed by atoms with Gasteiger partial charge in [0.2, 0.25) is 0 Å². The number of carbonyl (C=O) groups excluding carboxylic acids is 1. The van der Waals surface area contributed by atoms with Crippen molar-refractivity contribution in [2.45, 2.75) is 53.4 Å². The van der Waals surface area contributed by atoms with Gasteiger partial charge < -0.3 is 4.79 Å². The van der Waals surface area contributed by atoms with Crippen molar-refractivity contribution < 1.29 is 4.79 Å². The third kappa shape index (κ3) is 3.28. The first kappa shape index (κ1) is 11.5. The van der Waals surface area contributed by atoms with Crippen LogP contribution in [-0.2, 0) is 4.79 Å². The molecule has 0 atom stereocenters. The fourth-order valence-electron chi connectivity index (χ4n) is 2.06. The molecule has 0 aromatic heterocycles. The van der Waals surface area contributed by atoms with Crippen LogP contribution in [-0.4, -0.2) is 6.29 Å². The van der Waals surface area contributed by atoms with Gasteiger partial charge in [0.15, 0.2) is 0 Å².